The van der Waals surface area contributed by atoms with Crippen LogP contribution in [0.15, 0.2) is 71.9 Å². The van der Waals surface area contributed by atoms with Crippen LogP contribution in [-0.2, 0) is 6.42 Å². The van der Waals surface area contributed by atoms with Crippen LogP contribution in [0.25, 0.3) is 28.2 Å². The molecule has 0 saturated heterocycles. The van der Waals surface area contributed by atoms with E-state index < -0.39 is 6.10 Å². The number of aliphatic hydroxyl groups is 1. The normalized spacial score (nSPS) is 19.4. The van der Waals surface area contributed by atoms with Crippen molar-refractivity contribution in [1.82, 2.24) is 14.5 Å². The maximum absolute atomic E-state index is 13.8. The number of aliphatic hydroxyl groups excluding tert-OH is 1. The Labute approximate surface area is 210 Å². The zero-order valence-electron chi connectivity index (χ0n) is 20.5. The van der Waals surface area contributed by atoms with Gasteiger partial charge in [0.15, 0.2) is 0 Å². The van der Waals surface area contributed by atoms with Crippen molar-refractivity contribution >= 4 is 22.7 Å². The number of aromatic nitrogens is 3. The molecule has 0 bridgehead atoms. The van der Waals surface area contributed by atoms with E-state index in [9.17, 15) is 9.90 Å². The maximum atomic E-state index is 13.8. The van der Waals surface area contributed by atoms with Crippen molar-refractivity contribution in [3.05, 3.63) is 94.2 Å². The van der Waals surface area contributed by atoms with Gasteiger partial charge in [0, 0.05) is 30.9 Å². The number of pyridine rings is 1. The van der Waals surface area contributed by atoms with Crippen molar-refractivity contribution in [2.24, 2.45) is 0 Å². The number of benzene rings is 2. The SMILES string of the molecule is CN1CC=Cc2c(Cc3ccnc(-c4ccccc4)c3)cc3c(=O)n([C@H]4CCCC[C@@H]4O)cnc3c21. The fourth-order valence-electron chi connectivity index (χ4n) is 5.69. The summed E-state index contributed by atoms with van der Waals surface area (Å²) in [5, 5.41) is 11.2. The molecule has 6 nitrogen and oxygen atoms in total. The summed E-state index contributed by atoms with van der Waals surface area (Å²) in [6.45, 7) is 0.769. The Morgan fingerprint density at radius 2 is 1.89 bits per heavy atom. The summed E-state index contributed by atoms with van der Waals surface area (Å²) in [6.07, 6.45) is 11.5. The van der Waals surface area contributed by atoms with Crippen molar-refractivity contribution in [3.63, 3.8) is 0 Å². The van der Waals surface area contributed by atoms with Crippen LogP contribution in [0.2, 0.25) is 0 Å². The van der Waals surface area contributed by atoms with E-state index in [0.717, 1.165) is 71.4 Å². The highest BCUT2D eigenvalue weighted by Crippen LogP contribution is 2.36. The molecule has 1 aliphatic heterocycles. The topological polar surface area (TPSA) is 71.2 Å². The van der Waals surface area contributed by atoms with Crippen LogP contribution in [0.1, 0.15) is 48.4 Å². The third-order valence-corrected chi connectivity index (χ3v) is 7.56. The van der Waals surface area contributed by atoms with E-state index in [4.69, 9.17) is 4.98 Å². The summed E-state index contributed by atoms with van der Waals surface area (Å²) >= 11 is 0. The number of likely N-dealkylation sites (N-methyl/N-ethyl adjacent to an activating group) is 1. The molecule has 2 aromatic heterocycles. The fourth-order valence-corrected chi connectivity index (χ4v) is 5.69. The highest BCUT2D eigenvalue weighted by Gasteiger charge is 2.27. The van der Waals surface area contributed by atoms with E-state index in [1.165, 1.54) is 0 Å². The minimum Gasteiger partial charge on any atom is -0.391 e. The molecule has 0 radical (unpaired) electrons. The number of hydrogen-bond donors (Lipinski definition) is 1. The predicted molar refractivity (Wildman–Crippen MR) is 144 cm³/mol. The smallest absolute Gasteiger partial charge is 0.261 e. The maximum Gasteiger partial charge on any atom is 0.261 e. The van der Waals surface area contributed by atoms with E-state index in [1.54, 1.807) is 10.9 Å². The molecule has 1 saturated carbocycles. The molecule has 1 N–H and O–H groups in total. The van der Waals surface area contributed by atoms with E-state index in [-0.39, 0.29) is 11.6 Å². The second-order valence-electron chi connectivity index (χ2n) is 9.95. The van der Waals surface area contributed by atoms with E-state index in [1.807, 2.05) is 43.6 Å². The number of anilines is 1. The van der Waals surface area contributed by atoms with Crippen LogP contribution < -0.4 is 10.5 Å². The molecule has 2 aliphatic rings. The standard InChI is InChI=1S/C30H30N4O2/c1-33-15-7-10-23-22(16-20-13-14-31-25(17-20)21-8-3-2-4-9-21)18-24-28(29(23)33)32-19-34(30(24)36)26-11-5-6-12-27(26)35/h2-4,7-10,13-14,17-19,26-27,35H,5-6,11-12,15-16H2,1H3/t26-,27-/m0/s1. The Bertz CT molecular complexity index is 1510. The zero-order chi connectivity index (χ0) is 24.6. The number of hydrogen-bond acceptors (Lipinski definition) is 5. The molecular formula is C30H30N4O2. The molecular weight excluding hydrogens is 448 g/mol. The van der Waals surface area contributed by atoms with Gasteiger partial charge in [-0.1, -0.05) is 55.3 Å². The van der Waals surface area contributed by atoms with Crippen LogP contribution in [0.4, 0.5) is 5.69 Å². The quantitative estimate of drug-likeness (QED) is 0.448. The average molecular weight is 479 g/mol. The van der Waals surface area contributed by atoms with Gasteiger partial charge in [0.25, 0.3) is 5.56 Å². The van der Waals surface area contributed by atoms with Gasteiger partial charge in [-0.2, -0.15) is 0 Å². The molecule has 6 rings (SSSR count). The van der Waals surface area contributed by atoms with Crippen LogP contribution >= 0.6 is 0 Å². The third kappa shape index (κ3) is 4.01. The van der Waals surface area contributed by atoms with Gasteiger partial charge in [-0.15, -0.1) is 0 Å². The number of fused-ring (bicyclic) bond motifs is 3. The largest absolute Gasteiger partial charge is 0.391 e. The lowest BCUT2D eigenvalue weighted by Crippen LogP contribution is -2.35. The van der Waals surface area contributed by atoms with Crippen LogP contribution in [0.3, 0.4) is 0 Å². The second-order valence-corrected chi connectivity index (χ2v) is 9.95. The molecule has 182 valence electrons. The van der Waals surface area contributed by atoms with Gasteiger partial charge in [0.05, 0.1) is 35.2 Å². The Hall–Kier alpha value is -3.77. The first kappa shape index (κ1) is 22.7. The molecule has 6 heteroatoms. The molecule has 3 heterocycles. The first-order chi connectivity index (χ1) is 17.6. The van der Waals surface area contributed by atoms with Crippen LogP contribution in [-0.4, -0.2) is 39.3 Å². The van der Waals surface area contributed by atoms with Gasteiger partial charge >= 0.3 is 0 Å². The van der Waals surface area contributed by atoms with Crippen LogP contribution in [0.5, 0.6) is 0 Å². The van der Waals surface area contributed by atoms with Gasteiger partial charge in [0.2, 0.25) is 0 Å². The summed E-state index contributed by atoms with van der Waals surface area (Å²) in [7, 11) is 2.05. The van der Waals surface area contributed by atoms with Gasteiger partial charge in [0.1, 0.15) is 5.52 Å². The van der Waals surface area contributed by atoms with Crippen molar-refractivity contribution < 1.29 is 5.11 Å². The Balaban J connectivity index is 1.48. The minimum absolute atomic E-state index is 0.0716. The monoisotopic (exact) mass is 478 g/mol. The summed E-state index contributed by atoms with van der Waals surface area (Å²) in [4.78, 5) is 25.3. The molecule has 0 unspecified atom stereocenters. The van der Waals surface area contributed by atoms with E-state index >= 15 is 0 Å². The lowest BCUT2D eigenvalue weighted by molar-refractivity contribution is 0.0735. The van der Waals surface area contributed by atoms with Gasteiger partial charge < -0.3 is 10.0 Å². The van der Waals surface area contributed by atoms with Gasteiger partial charge in [-0.3, -0.25) is 14.3 Å². The number of rotatable bonds is 4. The number of nitrogens with zero attached hydrogens (tertiary/aromatic N) is 4. The molecule has 2 atom stereocenters. The predicted octanol–water partition coefficient (Wildman–Crippen LogP) is 4.99. The summed E-state index contributed by atoms with van der Waals surface area (Å²) < 4.78 is 1.67. The first-order valence-electron chi connectivity index (χ1n) is 12.7. The average Bonchev–Trinajstić information content (AvgIpc) is 2.91. The Morgan fingerprint density at radius 3 is 2.72 bits per heavy atom. The summed E-state index contributed by atoms with van der Waals surface area (Å²) in [5.74, 6) is 0. The van der Waals surface area contributed by atoms with Crippen molar-refractivity contribution in [1.29, 1.82) is 0 Å². The molecule has 0 amide bonds. The van der Waals surface area contributed by atoms with Crippen molar-refractivity contribution in [2.75, 3.05) is 18.5 Å². The lowest BCUT2D eigenvalue weighted by Gasteiger charge is -2.30. The molecule has 1 fully saturated rings. The molecule has 1 aliphatic carbocycles. The molecule has 0 spiro atoms. The first-order valence-corrected chi connectivity index (χ1v) is 12.7. The molecule has 2 aromatic carbocycles. The molecule has 36 heavy (non-hydrogen) atoms. The summed E-state index contributed by atoms with van der Waals surface area (Å²) in [6, 6.07) is 16.1. The Morgan fingerprint density at radius 1 is 1.06 bits per heavy atom. The zero-order valence-corrected chi connectivity index (χ0v) is 20.5. The van der Waals surface area contributed by atoms with Gasteiger partial charge in [-0.05, 0) is 48.6 Å². The van der Waals surface area contributed by atoms with Crippen molar-refractivity contribution in [3.8, 4) is 11.3 Å². The van der Waals surface area contributed by atoms with Crippen molar-refractivity contribution in [2.45, 2.75) is 44.2 Å². The minimum atomic E-state index is -0.508. The second kappa shape index (κ2) is 9.36. The fraction of sp³-hybridized carbons (Fsp3) is 0.300. The third-order valence-electron chi connectivity index (χ3n) is 7.56. The van der Waals surface area contributed by atoms with Crippen LogP contribution in [0, 0.1) is 0 Å². The van der Waals surface area contributed by atoms with E-state index in [2.05, 4.69) is 40.2 Å². The highest BCUT2D eigenvalue weighted by molar-refractivity contribution is 5.97. The Kier molecular flexibility index (Phi) is 5.89. The highest BCUT2D eigenvalue weighted by atomic mass is 16.3. The van der Waals surface area contributed by atoms with Gasteiger partial charge in [-0.25, -0.2) is 4.98 Å². The van der Waals surface area contributed by atoms with E-state index in [0.29, 0.717) is 11.8 Å². The summed E-state index contributed by atoms with van der Waals surface area (Å²) in [5.41, 5.74) is 7.01. The lowest BCUT2D eigenvalue weighted by atomic mass is 9.91. The molecule has 4 aromatic rings.